The number of nitrogens with zero attached hydrogens (tertiary/aromatic N) is 1. The van der Waals surface area contributed by atoms with Crippen LogP contribution in [0.4, 0.5) is 4.79 Å². The summed E-state index contributed by atoms with van der Waals surface area (Å²) < 4.78 is 10.8. The summed E-state index contributed by atoms with van der Waals surface area (Å²) in [7, 11) is 0. The maximum Gasteiger partial charge on any atom is 0.407 e. The zero-order chi connectivity index (χ0) is 23.7. The molecule has 5 rings (SSSR count). The fourth-order valence-corrected chi connectivity index (χ4v) is 5.45. The van der Waals surface area contributed by atoms with Gasteiger partial charge >= 0.3 is 12.1 Å². The van der Waals surface area contributed by atoms with Crippen LogP contribution in [0.15, 0.2) is 48.5 Å². The first-order valence-corrected chi connectivity index (χ1v) is 11.8. The number of rotatable bonds is 5. The fourth-order valence-electron chi connectivity index (χ4n) is 5.45. The molecule has 2 fully saturated rings. The molecule has 2 N–H and O–H groups in total. The van der Waals surface area contributed by atoms with E-state index < -0.39 is 18.1 Å². The number of carboxylic acid groups (broad SMARTS) is 1. The molecule has 34 heavy (non-hydrogen) atoms. The van der Waals surface area contributed by atoms with Crippen molar-refractivity contribution in [1.29, 1.82) is 0 Å². The molecular formula is C26H28N2O6. The highest BCUT2D eigenvalue weighted by molar-refractivity contribution is 5.86. The summed E-state index contributed by atoms with van der Waals surface area (Å²) in [5.41, 5.74) is 4.65. The Labute approximate surface area is 197 Å². The predicted octanol–water partition coefficient (Wildman–Crippen LogP) is 3.01. The van der Waals surface area contributed by atoms with E-state index >= 15 is 0 Å². The Morgan fingerprint density at radius 3 is 2.38 bits per heavy atom. The number of carbonyl (C=O) groups is 3. The first-order valence-electron chi connectivity index (χ1n) is 11.8. The largest absolute Gasteiger partial charge is 0.480 e. The van der Waals surface area contributed by atoms with E-state index in [0.29, 0.717) is 25.9 Å². The number of benzene rings is 2. The van der Waals surface area contributed by atoms with Crippen molar-refractivity contribution in [3.05, 3.63) is 59.7 Å². The number of morpholine rings is 1. The van der Waals surface area contributed by atoms with Crippen molar-refractivity contribution in [3.8, 4) is 11.1 Å². The van der Waals surface area contributed by atoms with Crippen LogP contribution < -0.4 is 5.32 Å². The van der Waals surface area contributed by atoms with E-state index in [2.05, 4.69) is 29.6 Å². The molecule has 0 aromatic heterocycles. The number of fused-ring (bicyclic) bond motifs is 3. The molecule has 1 heterocycles. The summed E-state index contributed by atoms with van der Waals surface area (Å²) >= 11 is 0. The van der Waals surface area contributed by atoms with Gasteiger partial charge in [-0.15, -0.1) is 0 Å². The lowest BCUT2D eigenvalue weighted by atomic mass is 9.98. The number of carbonyl (C=O) groups excluding carboxylic acids is 2. The second-order valence-corrected chi connectivity index (χ2v) is 9.14. The van der Waals surface area contributed by atoms with Crippen molar-refractivity contribution in [3.63, 3.8) is 0 Å². The van der Waals surface area contributed by atoms with E-state index in [0.717, 1.165) is 11.1 Å². The van der Waals surface area contributed by atoms with Gasteiger partial charge in [-0.1, -0.05) is 48.5 Å². The van der Waals surface area contributed by atoms with Crippen LogP contribution in [0.2, 0.25) is 0 Å². The first kappa shape index (κ1) is 22.4. The van der Waals surface area contributed by atoms with Crippen LogP contribution >= 0.6 is 0 Å². The molecule has 2 aromatic rings. The van der Waals surface area contributed by atoms with Gasteiger partial charge in [0.1, 0.15) is 6.61 Å². The summed E-state index contributed by atoms with van der Waals surface area (Å²) in [6.45, 7) is 0.860. The average Bonchev–Trinajstić information content (AvgIpc) is 3.45. The second-order valence-electron chi connectivity index (χ2n) is 9.14. The molecule has 3 aliphatic rings. The predicted molar refractivity (Wildman–Crippen MR) is 123 cm³/mol. The molecule has 2 amide bonds. The highest BCUT2D eigenvalue weighted by Gasteiger charge is 2.39. The number of carboxylic acids is 1. The van der Waals surface area contributed by atoms with E-state index in [1.807, 2.05) is 24.3 Å². The average molecular weight is 465 g/mol. The maximum absolute atomic E-state index is 12.9. The molecule has 1 saturated heterocycles. The van der Waals surface area contributed by atoms with Crippen LogP contribution in [0.5, 0.6) is 0 Å². The quantitative estimate of drug-likeness (QED) is 0.705. The monoisotopic (exact) mass is 464 g/mol. The van der Waals surface area contributed by atoms with Gasteiger partial charge in [0.15, 0.2) is 6.04 Å². The Kier molecular flexibility index (Phi) is 6.24. The molecule has 0 radical (unpaired) electrons. The second kappa shape index (κ2) is 9.46. The third-order valence-electron chi connectivity index (χ3n) is 7.14. The summed E-state index contributed by atoms with van der Waals surface area (Å²) in [6.07, 6.45) is 1.25. The van der Waals surface area contributed by atoms with E-state index in [4.69, 9.17) is 9.47 Å². The van der Waals surface area contributed by atoms with Gasteiger partial charge in [-0.05, 0) is 41.5 Å². The summed E-state index contributed by atoms with van der Waals surface area (Å²) in [5.74, 6) is -1.55. The molecule has 1 aliphatic heterocycles. The maximum atomic E-state index is 12.9. The highest BCUT2D eigenvalue weighted by atomic mass is 16.5. The molecule has 0 spiro atoms. The lowest BCUT2D eigenvalue weighted by molar-refractivity contribution is -0.160. The minimum atomic E-state index is -1.06. The van der Waals surface area contributed by atoms with Gasteiger partial charge in [0.05, 0.1) is 13.2 Å². The minimum Gasteiger partial charge on any atom is -0.480 e. The number of alkyl carbamates (subject to hydrolysis) is 1. The molecule has 2 aromatic carbocycles. The number of hydrogen-bond acceptors (Lipinski definition) is 5. The highest BCUT2D eigenvalue weighted by Crippen LogP contribution is 2.44. The van der Waals surface area contributed by atoms with Gasteiger partial charge in [-0.25, -0.2) is 9.59 Å². The zero-order valence-electron chi connectivity index (χ0n) is 18.8. The Hall–Kier alpha value is -3.39. The number of nitrogens with one attached hydrogen (secondary N) is 1. The van der Waals surface area contributed by atoms with Gasteiger partial charge in [-0.2, -0.15) is 0 Å². The molecule has 1 saturated carbocycles. The van der Waals surface area contributed by atoms with Gasteiger partial charge in [0.25, 0.3) is 0 Å². The van der Waals surface area contributed by atoms with E-state index in [-0.39, 0.29) is 43.5 Å². The Morgan fingerprint density at radius 1 is 1.03 bits per heavy atom. The minimum absolute atomic E-state index is 0.00896. The van der Waals surface area contributed by atoms with E-state index in [1.165, 1.54) is 16.0 Å². The third kappa shape index (κ3) is 4.25. The molecule has 1 unspecified atom stereocenters. The SMILES string of the molecule is O=C(N[C@@H]1CC[C@H](C(=O)N2CCOCC2C(=O)O)C1)OCC1c2ccccc2-c2ccccc21. The zero-order valence-corrected chi connectivity index (χ0v) is 18.8. The van der Waals surface area contributed by atoms with E-state index in [9.17, 15) is 19.5 Å². The van der Waals surface area contributed by atoms with Crippen molar-refractivity contribution in [2.24, 2.45) is 5.92 Å². The van der Waals surface area contributed by atoms with Gasteiger partial charge < -0.3 is 24.8 Å². The summed E-state index contributed by atoms with van der Waals surface area (Å²) in [4.78, 5) is 38.4. The number of amides is 2. The Balaban J connectivity index is 1.16. The van der Waals surface area contributed by atoms with Gasteiger partial charge in [-0.3, -0.25) is 4.79 Å². The molecule has 8 heteroatoms. The van der Waals surface area contributed by atoms with Crippen molar-refractivity contribution < 1.29 is 29.0 Å². The number of ether oxygens (including phenoxy) is 2. The smallest absolute Gasteiger partial charge is 0.407 e. The molecule has 8 nitrogen and oxygen atoms in total. The topological polar surface area (TPSA) is 105 Å². The number of aliphatic carboxylic acids is 1. The lowest BCUT2D eigenvalue weighted by Crippen LogP contribution is -2.54. The molecule has 3 atom stereocenters. The molecule has 2 aliphatic carbocycles. The van der Waals surface area contributed by atoms with Crippen molar-refractivity contribution in [1.82, 2.24) is 10.2 Å². The van der Waals surface area contributed by atoms with Gasteiger partial charge in [0.2, 0.25) is 5.91 Å². The third-order valence-corrected chi connectivity index (χ3v) is 7.14. The molecular weight excluding hydrogens is 436 g/mol. The molecule has 178 valence electrons. The van der Waals surface area contributed by atoms with Crippen molar-refractivity contribution in [2.45, 2.75) is 37.3 Å². The fraction of sp³-hybridized carbons (Fsp3) is 0.423. The standard InChI is InChI=1S/C26H28N2O6/c29-24(28-11-12-33-15-23(28)25(30)31)16-9-10-17(13-16)27-26(32)34-14-22-20-7-3-1-5-18(20)19-6-2-4-8-21(19)22/h1-8,16-17,22-23H,9-15H2,(H,27,32)(H,30,31)/t16-,17+,23?/m0/s1. The van der Waals surface area contributed by atoms with Crippen molar-refractivity contribution in [2.75, 3.05) is 26.4 Å². The summed E-state index contributed by atoms with van der Waals surface area (Å²) in [6, 6.07) is 15.2. The van der Waals surface area contributed by atoms with E-state index in [1.54, 1.807) is 0 Å². The Morgan fingerprint density at radius 2 is 1.71 bits per heavy atom. The van der Waals surface area contributed by atoms with Crippen LogP contribution in [-0.4, -0.2) is 66.4 Å². The normalized spacial score (nSPS) is 23.8. The first-order chi connectivity index (χ1) is 16.5. The molecule has 0 bridgehead atoms. The van der Waals surface area contributed by atoms with Crippen LogP contribution in [0.25, 0.3) is 11.1 Å². The van der Waals surface area contributed by atoms with Crippen LogP contribution in [0.1, 0.15) is 36.3 Å². The van der Waals surface area contributed by atoms with Crippen LogP contribution in [0, 0.1) is 5.92 Å². The number of hydrogen-bond donors (Lipinski definition) is 2. The van der Waals surface area contributed by atoms with Gasteiger partial charge in [0, 0.05) is 24.4 Å². The Bertz CT molecular complexity index is 1060. The van der Waals surface area contributed by atoms with Crippen molar-refractivity contribution >= 4 is 18.0 Å². The lowest BCUT2D eigenvalue weighted by Gasteiger charge is -2.34. The van der Waals surface area contributed by atoms with Crippen LogP contribution in [0.3, 0.4) is 0 Å². The summed E-state index contributed by atoms with van der Waals surface area (Å²) in [5, 5.41) is 12.3. The van der Waals surface area contributed by atoms with Crippen LogP contribution in [-0.2, 0) is 19.1 Å².